The summed E-state index contributed by atoms with van der Waals surface area (Å²) in [5.74, 6) is 0.0957. The Morgan fingerprint density at radius 3 is 2.53 bits per heavy atom. The molecule has 0 radical (unpaired) electrons. The first kappa shape index (κ1) is 11.5. The standard InChI is InChI=1S/C10H9ClFN5/c1-13-9-15-8(11)16-10(17-9)14-7-5-3-2-4-6(7)12/h2-5H,1H3,(H2,13,14,15,16,17). The number of rotatable bonds is 3. The van der Waals surface area contributed by atoms with Crippen molar-refractivity contribution in [3.63, 3.8) is 0 Å². The van der Waals surface area contributed by atoms with Gasteiger partial charge in [-0.05, 0) is 23.7 Å². The van der Waals surface area contributed by atoms with Crippen LogP contribution in [0.25, 0.3) is 0 Å². The molecule has 1 aromatic heterocycles. The Morgan fingerprint density at radius 1 is 1.12 bits per heavy atom. The summed E-state index contributed by atoms with van der Waals surface area (Å²) in [6, 6.07) is 6.21. The van der Waals surface area contributed by atoms with Crippen molar-refractivity contribution >= 4 is 29.2 Å². The molecule has 0 bridgehead atoms. The Hall–Kier alpha value is -1.95. The Kier molecular flexibility index (Phi) is 3.34. The van der Waals surface area contributed by atoms with Crippen LogP contribution in [-0.2, 0) is 0 Å². The van der Waals surface area contributed by atoms with Gasteiger partial charge < -0.3 is 10.6 Å². The van der Waals surface area contributed by atoms with Gasteiger partial charge in [-0.3, -0.25) is 0 Å². The van der Waals surface area contributed by atoms with E-state index in [0.29, 0.717) is 5.95 Å². The number of halogens is 2. The van der Waals surface area contributed by atoms with Gasteiger partial charge in [0.05, 0.1) is 5.69 Å². The molecule has 0 saturated carbocycles. The molecule has 1 aromatic carbocycles. The summed E-state index contributed by atoms with van der Waals surface area (Å²) in [6.07, 6.45) is 0. The minimum atomic E-state index is -0.393. The van der Waals surface area contributed by atoms with Crippen molar-refractivity contribution in [1.82, 2.24) is 15.0 Å². The number of nitrogens with zero attached hydrogens (tertiary/aromatic N) is 3. The maximum Gasteiger partial charge on any atom is 0.233 e. The third-order valence-corrected chi connectivity index (χ3v) is 2.12. The van der Waals surface area contributed by atoms with E-state index in [1.807, 2.05) is 0 Å². The molecule has 0 aliphatic rings. The molecule has 88 valence electrons. The van der Waals surface area contributed by atoms with Gasteiger partial charge in [0.1, 0.15) is 5.82 Å². The first-order valence-electron chi connectivity index (χ1n) is 4.80. The maximum atomic E-state index is 13.4. The third kappa shape index (κ3) is 2.79. The molecule has 2 N–H and O–H groups in total. The van der Waals surface area contributed by atoms with E-state index >= 15 is 0 Å². The number of anilines is 3. The molecule has 0 spiro atoms. The molecule has 7 heteroatoms. The van der Waals surface area contributed by atoms with Gasteiger partial charge in [0.2, 0.25) is 17.2 Å². The van der Waals surface area contributed by atoms with Crippen LogP contribution in [0.3, 0.4) is 0 Å². The van der Waals surface area contributed by atoms with Crippen molar-refractivity contribution in [2.45, 2.75) is 0 Å². The Bertz CT molecular complexity index is 534. The van der Waals surface area contributed by atoms with Crippen molar-refractivity contribution < 1.29 is 4.39 Å². The first-order valence-corrected chi connectivity index (χ1v) is 5.17. The number of hydrogen-bond donors (Lipinski definition) is 2. The summed E-state index contributed by atoms with van der Waals surface area (Å²) in [4.78, 5) is 11.7. The minimum absolute atomic E-state index is 0.0307. The highest BCUT2D eigenvalue weighted by Gasteiger charge is 2.06. The topological polar surface area (TPSA) is 62.7 Å². The van der Waals surface area contributed by atoms with Crippen LogP contribution in [0, 0.1) is 5.82 Å². The van der Waals surface area contributed by atoms with Crippen molar-refractivity contribution in [1.29, 1.82) is 0 Å². The molecular formula is C10H9ClFN5. The minimum Gasteiger partial charge on any atom is -0.357 e. The van der Waals surface area contributed by atoms with Crippen molar-refractivity contribution in [2.75, 3.05) is 17.7 Å². The van der Waals surface area contributed by atoms with Gasteiger partial charge in [-0.25, -0.2) is 4.39 Å². The predicted molar refractivity (Wildman–Crippen MR) is 64.1 cm³/mol. The summed E-state index contributed by atoms with van der Waals surface area (Å²) >= 11 is 5.70. The van der Waals surface area contributed by atoms with Gasteiger partial charge in [0.15, 0.2) is 0 Å². The van der Waals surface area contributed by atoms with Crippen LogP contribution in [0.1, 0.15) is 0 Å². The van der Waals surface area contributed by atoms with Gasteiger partial charge in [-0.1, -0.05) is 12.1 Å². The van der Waals surface area contributed by atoms with Crippen LogP contribution in [0.4, 0.5) is 22.0 Å². The largest absolute Gasteiger partial charge is 0.357 e. The highest BCUT2D eigenvalue weighted by atomic mass is 35.5. The zero-order chi connectivity index (χ0) is 12.3. The van der Waals surface area contributed by atoms with Crippen LogP contribution < -0.4 is 10.6 Å². The summed E-state index contributed by atoms with van der Waals surface area (Å²) in [5, 5.41) is 5.48. The number of para-hydroxylation sites is 1. The number of nitrogens with one attached hydrogen (secondary N) is 2. The van der Waals surface area contributed by atoms with Crippen LogP contribution in [0.2, 0.25) is 5.28 Å². The summed E-state index contributed by atoms with van der Waals surface area (Å²) in [6.45, 7) is 0. The first-order chi connectivity index (χ1) is 8.19. The molecule has 5 nitrogen and oxygen atoms in total. The fraction of sp³-hybridized carbons (Fsp3) is 0.100. The van der Waals surface area contributed by atoms with E-state index in [4.69, 9.17) is 11.6 Å². The van der Waals surface area contributed by atoms with Gasteiger partial charge in [-0.15, -0.1) is 0 Å². The summed E-state index contributed by atoms with van der Waals surface area (Å²) in [7, 11) is 1.65. The van der Waals surface area contributed by atoms with Gasteiger partial charge >= 0.3 is 0 Å². The Labute approximate surface area is 102 Å². The second-order valence-electron chi connectivity index (χ2n) is 3.11. The highest BCUT2D eigenvalue weighted by molar-refractivity contribution is 6.28. The Balaban J connectivity index is 2.30. The Morgan fingerprint density at radius 2 is 1.82 bits per heavy atom. The lowest BCUT2D eigenvalue weighted by Crippen LogP contribution is -2.04. The molecule has 2 aromatic rings. The van der Waals surface area contributed by atoms with E-state index in [0.717, 1.165) is 0 Å². The van der Waals surface area contributed by atoms with E-state index in [1.165, 1.54) is 6.07 Å². The van der Waals surface area contributed by atoms with E-state index in [2.05, 4.69) is 25.6 Å². The molecule has 0 fully saturated rings. The smallest absolute Gasteiger partial charge is 0.233 e. The van der Waals surface area contributed by atoms with Crippen molar-refractivity contribution in [3.8, 4) is 0 Å². The lowest BCUT2D eigenvalue weighted by molar-refractivity contribution is 0.631. The van der Waals surface area contributed by atoms with Crippen LogP contribution in [-0.4, -0.2) is 22.0 Å². The normalized spacial score (nSPS) is 10.1. The fourth-order valence-electron chi connectivity index (χ4n) is 1.20. The molecule has 2 rings (SSSR count). The van der Waals surface area contributed by atoms with Gasteiger partial charge in [0.25, 0.3) is 0 Å². The maximum absolute atomic E-state index is 13.4. The molecule has 0 amide bonds. The molecular weight excluding hydrogens is 245 g/mol. The van der Waals surface area contributed by atoms with Crippen molar-refractivity contribution in [2.24, 2.45) is 0 Å². The molecule has 0 atom stereocenters. The predicted octanol–water partition coefficient (Wildman–Crippen LogP) is 2.45. The second kappa shape index (κ2) is 4.92. The second-order valence-corrected chi connectivity index (χ2v) is 3.44. The lowest BCUT2D eigenvalue weighted by Gasteiger charge is -2.06. The summed E-state index contributed by atoms with van der Waals surface area (Å²) in [5.41, 5.74) is 0.275. The number of aromatic nitrogens is 3. The SMILES string of the molecule is CNc1nc(Cl)nc(Nc2ccccc2F)n1. The number of hydrogen-bond acceptors (Lipinski definition) is 5. The van der Waals surface area contributed by atoms with E-state index in [9.17, 15) is 4.39 Å². The quantitative estimate of drug-likeness (QED) is 0.880. The molecule has 1 heterocycles. The zero-order valence-corrected chi connectivity index (χ0v) is 9.66. The number of benzene rings is 1. The highest BCUT2D eigenvalue weighted by Crippen LogP contribution is 2.18. The van der Waals surface area contributed by atoms with E-state index in [-0.39, 0.29) is 16.9 Å². The molecule has 0 unspecified atom stereocenters. The lowest BCUT2D eigenvalue weighted by atomic mass is 10.3. The van der Waals surface area contributed by atoms with Crippen LogP contribution >= 0.6 is 11.6 Å². The van der Waals surface area contributed by atoms with Gasteiger partial charge in [0, 0.05) is 7.05 Å². The monoisotopic (exact) mass is 253 g/mol. The van der Waals surface area contributed by atoms with Crippen LogP contribution in [0.5, 0.6) is 0 Å². The average molecular weight is 254 g/mol. The average Bonchev–Trinajstić information content (AvgIpc) is 2.31. The van der Waals surface area contributed by atoms with E-state index < -0.39 is 5.82 Å². The van der Waals surface area contributed by atoms with Crippen LogP contribution in [0.15, 0.2) is 24.3 Å². The van der Waals surface area contributed by atoms with Crippen molar-refractivity contribution in [3.05, 3.63) is 35.4 Å². The van der Waals surface area contributed by atoms with Gasteiger partial charge in [-0.2, -0.15) is 15.0 Å². The zero-order valence-electron chi connectivity index (χ0n) is 8.91. The fourth-order valence-corrected chi connectivity index (χ4v) is 1.36. The molecule has 17 heavy (non-hydrogen) atoms. The van der Waals surface area contributed by atoms with E-state index in [1.54, 1.807) is 25.2 Å². The molecule has 0 aliphatic carbocycles. The summed E-state index contributed by atoms with van der Waals surface area (Å²) < 4.78 is 13.4. The third-order valence-electron chi connectivity index (χ3n) is 1.95. The molecule has 0 saturated heterocycles. The molecule has 0 aliphatic heterocycles.